The molecule has 0 aliphatic heterocycles. The fourth-order valence-corrected chi connectivity index (χ4v) is 2.29. The van der Waals surface area contributed by atoms with Crippen LogP contribution >= 0.6 is 12.6 Å². The van der Waals surface area contributed by atoms with Crippen LogP contribution in [0.3, 0.4) is 0 Å². The topological polar surface area (TPSA) is 79.3 Å². The Morgan fingerprint density at radius 3 is 2.59 bits per heavy atom. The van der Waals surface area contributed by atoms with Crippen LogP contribution in [-0.4, -0.2) is 27.7 Å². The molecule has 1 aromatic carbocycles. The number of anilines is 1. The van der Waals surface area contributed by atoms with E-state index in [1.165, 1.54) is 18.3 Å². The van der Waals surface area contributed by atoms with Crippen molar-refractivity contribution in [2.75, 3.05) is 11.1 Å². The van der Waals surface area contributed by atoms with Crippen LogP contribution in [0.2, 0.25) is 0 Å². The number of carboxylic acids is 1. The smallest absolute Gasteiger partial charge is 0.335 e. The molecular formula is C16H16N2O3S. The number of benzene rings is 1. The normalized spacial score (nSPS) is 11.7. The average Bonchev–Trinajstić information content (AvgIpc) is 2.53. The van der Waals surface area contributed by atoms with Crippen LogP contribution in [0.4, 0.5) is 5.82 Å². The number of amides is 1. The quantitative estimate of drug-likeness (QED) is 0.716. The van der Waals surface area contributed by atoms with Gasteiger partial charge in [0.05, 0.1) is 11.5 Å². The minimum atomic E-state index is -1.06. The van der Waals surface area contributed by atoms with E-state index in [1.807, 2.05) is 30.3 Å². The summed E-state index contributed by atoms with van der Waals surface area (Å²) in [6.07, 6.45) is 1.92. The molecule has 0 aliphatic carbocycles. The highest BCUT2D eigenvalue weighted by Gasteiger charge is 2.18. The highest BCUT2D eigenvalue weighted by atomic mass is 32.1. The predicted molar refractivity (Wildman–Crippen MR) is 87.3 cm³/mol. The van der Waals surface area contributed by atoms with Gasteiger partial charge in [0.25, 0.3) is 0 Å². The number of carbonyl (C=O) groups is 2. The molecule has 0 aliphatic rings. The Labute approximate surface area is 133 Å². The lowest BCUT2D eigenvalue weighted by Crippen LogP contribution is -2.26. The summed E-state index contributed by atoms with van der Waals surface area (Å²) < 4.78 is 0. The van der Waals surface area contributed by atoms with Gasteiger partial charge < -0.3 is 10.4 Å². The van der Waals surface area contributed by atoms with Gasteiger partial charge in [-0.05, 0) is 24.1 Å². The second-order valence-corrected chi connectivity index (χ2v) is 5.16. The molecule has 5 nitrogen and oxygen atoms in total. The van der Waals surface area contributed by atoms with Crippen molar-refractivity contribution in [2.24, 2.45) is 5.92 Å². The zero-order valence-electron chi connectivity index (χ0n) is 11.8. The van der Waals surface area contributed by atoms with Crippen molar-refractivity contribution in [3.8, 4) is 0 Å². The zero-order valence-corrected chi connectivity index (χ0v) is 12.7. The SMILES string of the molecule is O=C(O)c1ccnc(NC(=O)C(CS)Cc2ccccc2)c1. The summed E-state index contributed by atoms with van der Waals surface area (Å²) in [6.45, 7) is 0. The molecule has 0 radical (unpaired) electrons. The molecule has 1 unspecified atom stereocenters. The van der Waals surface area contributed by atoms with Crippen molar-refractivity contribution >= 4 is 30.3 Å². The van der Waals surface area contributed by atoms with E-state index in [0.29, 0.717) is 12.2 Å². The number of hydrogen-bond donors (Lipinski definition) is 3. The first kappa shape index (κ1) is 16.0. The summed E-state index contributed by atoms with van der Waals surface area (Å²) in [5.41, 5.74) is 1.12. The number of aromatic nitrogens is 1. The highest BCUT2D eigenvalue weighted by molar-refractivity contribution is 7.80. The van der Waals surface area contributed by atoms with E-state index in [9.17, 15) is 9.59 Å². The van der Waals surface area contributed by atoms with Crippen LogP contribution in [0.1, 0.15) is 15.9 Å². The van der Waals surface area contributed by atoms with Crippen LogP contribution < -0.4 is 5.32 Å². The average molecular weight is 316 g/mol. The van der Waals surface area contributed by atoms with Gasteiger partial charge in [-0.1, -0.05) is 30.3 Å². The molecular weight excluding hydrogens is 300 g/mol. The Hall–Kier alpha value is -2.34. The fraction of sp³-hybridized carbons (Fsp3) is 0.188. The maximum Gasteiger partial charge on any atom is 0.335 e. The van der Waals surface area contributed by atoms with E-state index in [0.717, 1.165) is 5.56 Å². The van der Waals surface area contributed by atoms with Gasteiger partial charge in [-0.2, -0.15) is 12.6 Å². The summed E-state index contributed by atoms with van der Waals surface area (Å²) >= 11 is 4.23. The third kappa shape index (κ3) is 4.33. The number of aromatic carboxylic acids is 1. The standard InChI is InChI=1S/C16H16N2O3S/c19-15(13(10-22)8-11-4-2-1-3-5-11)18-14-9-12(16(20)21)6-7-17-14/h1-7,9,13,22H,8,10H2,(H,20,21)(H,17,18,19). The molecule has 2 rings (SSSR count). The fourth-order valence-electron chi connectivity index (χ4n) is 2.00. The van der Waals surface area contributed by atoms with E-state index in [1.54, 1.807) is 0 Å². The molecule has 0 saturated heterocycles. The molecule has 0 saturated carbocycles. The molecule has 1 aromatic heterocycles. The van der Waals surface area contributed by atoms with Gasteiger partial charge in [-0.25, -0.2) is 9.78 Å². The predicted octanol–water partition coefficient (Wildman–Crippen LogP) is 2.51. The van der Waals surface area contributed by atoms with Gasteiger partial charge in [0.1, 0.15) is 5.82 Å². The first-order valence-electron chi connectivity index (χ1n) is 6.75. The molecule has 1 atom stereocenters. The number of hydrogen-bond acceptors (Lipinski definition) is 4. The number of nitrogens with zero attached hydrogens (tertiary/aromatic N) is 1. The van der Waals surface area contributed by atoms with E-state index in [4.69, 9.17) is 5.11 Å². The summed E-state index contributed by atoms with van der Waals surface area (Å²) in [5, 5.41) is 11.6. The maximum absolute atomic E-state index is 12.3. The van der Waals surface area contributed by atoms with Gasteiger partial charge >= 0.3 is 5.97 Å². The third-order valence-electron chi connectivity index (χ3n) is 3.17. The van der Waals surface area contributed by atoms with Crippen LogP contribution in [0, 0.1) is 5.92 Å². The van der Waals surface area contributed by atoms with E-state index < -0.39 is 5.97 Å². The van der Waals surface area contributed by atoms with Crippen molar-refractivity contribution < 1.29 is 14.7 Å². The van der Waals surface area contributed by atoms with Crippen LogP contribution in [-0.2, 0) is 11.2 Å². The number of pyridine rings is 1. The Morgan fingerprint density at radius 1 is 1.23 bits per heavy atom. The number of carbonyl (C=O) groups excluding carboxylic acids is 1. The van der Waals surface area contributed by atoms with Crippen molar-refractivity contribution in [1.82, 2.24) is 4.98 Å². The minimum absolute atomic E-state index is 0.0794. The van der Waals surface area contributed by atoms with E-state index in [2.05, 4.69) is 22.9 Å². The van der Waals surface area contributed by atoms with Crippen LogP contribution in [0.15, 0.2) is 48.7 Å². The van der Waals surface area contributed by atoms with Crippen molar-refractivity contribution in [2.45, 2.75) is 6.42 Å². The molecule has 2 aromatic rings. The first-order chi connectivity index (χ1) is 10.6. The lowest BCUT2D eigenvalue weighted by atomic mass is 10.0. The van der Waals surface area contributed by atoms with Crippen LogP contribution in [0.25, 0.3) is 0 Å². The molecule has 114 valence electrons. The molecule has 1 amide bonds. The molecule has 0 fully saturated rings. The monoisotopic (exact) mass is 316 g/mol. The van der Waals surface area contributed by atoms with Gasteiger partial charge in [0.2, 0.25) is 5.91 Å². The number of carboxylic acid groups (broad SMARTS) is 1. The summed E-state index contributed by atoms with van der Waals surface area (Å²) in [4.78, 5) is 27.2. The Balaban J connectivity index is 2.06. The van der Waals surface area contributed by atoms with E-state index in [-0.39, 0.29) is 23.2 Å². The highest BCUT2D eigenvalue weighted by Crippen LogP contribution is 2.14. The summed E-state index contributed by atoms with van der Waals surface area (Å²) in [7, 11) is 0. The second-order valence-electron chi connectivity index (χ2n) is 4.79. The molecule has 0 spiro atoms. The van der Waals surface area contributed by atoms with Crippen LogP contribution in [0.5, 0.6) is 0 Å². The molecule has 1 heterocycles. The zero-order chi connectivity index (χ0) is 15.9. The first-order valence-corrected chi connectivity index (χ1v) is 7.38. The summed E-state index contributed by atoms with van der Waals surface area (Å²) in [5.74, 6) is -0.994. The van der Waals surface area contributed by atoms with Gasteiger partial charge in [-0.3, -0.25) is 4.79 Å². The van der Waals surface area contributed by atoms with Gasteiger partial charge in [0, 0.05) is 11.9 Å². The Bertz CT molecular complexity index is 661. The van der Waals surface area contributed by atoms with Crippen molar-refractivity contribution in [3.05, 3.63) is 59.8 Å². The molecule has 0 bridgehead atoms. The minimum Gasteiger partial charge on any atom is -0.478 e. The van der Waals surface area contributed by atoms with Gasteiger partial charge in [-0.15, -0.1) is 0 Å². The molecule has 2 N–H and O–H groups in total. The molecule has 6 heteroatoms. The lowest BCUT2D eigenvalue weighted by molar-refractivity contribution is -0.119. The van der Waals surface area contributed by atoms with E-state index >= 15 is 0 Å². The van der Waals surface area contributed by atoms with Crippen molar-refractivity contribution in [3.63, 3.8) is 0 Å². The number of rotatable bonds is 6. The largest absolute Gasteiger partial charge is 0.478 e. The number of nitrogens with one attached hydrogen (secondary N) is 1. The number of thiol groups is 1. The Morgan fingerprint density at radius 2 is 1.95 bits per heavy atom. The third-order valence-corrected chi connectivity index (χ3v) is 3.62. The molecule has 22 heavy (non-hydrogen) atoms. The van der Waals surface area contributed by atoms with Gasteiger partial charge in [0.15, 0.2) is 0 Å². The maximum atomic E-state index is 12.3. The van der Waals surface area contributed by atoms with Crippen molar-refractivity contribution in [1.29, 1.82) is 0 Å². The lowest BCUT2D eigenvalue weighted by Gasteiger charge is -2.14. The second kappa shape index (κ2) is 7.61. The Kier molecular flexibility index (Phi) is 5.55. The summed E-state index contributed by atoms with van der Waals surface area (Å²) in [6, 6.07) is 12.4.